The molecule has 0 aromatic carbocycles. The van der Waals surface area contributed by atoms with Crippen molar-refractivity contribution in [2.24, 2.45) is 5.41 Å². The first-order chi connectivity index (χ1) is 9.35. The minimum absolute atomic E-state index is 0.0655. The van der Waals surface area contributed by atoms with Gasteiger partial charge in [-0.2, -0.15) is 13.2 Å². The molecule has 1 fully saturated rings. The number of carbonyl (C=O) groups is 1. The fourth-order valence-electron chi connectivity index (χ4n) is 2.11. The van der Waals surface area contributed by atoms with Crippen molar-refractivity contribution in [3.8, 4) is 0 Å². The van der Waals surface area contributed by atoms with Gasteiger partial charge >= 0.3 is 6.18 Å². The molecule has 20 heavy (non-hydrogen) atoms. The Kier molecular flexibility index (Phi) is 3.94. The Morgan fingerprint density at radius 2 is 2.20 bits per heavy atom. The number of nitrogens with one attached hydrogen (secondary N) is 2. The zero-order chi connectivity index (χ0) is 14.8. The molecule has 1 aromatic heterocycles. The summed E-state index contributed by atoms with van der Waals surface area (Å²) in [6, 6.07) is 0. The van der Waals surface area contributed by atoms with Crippen LogP contribution in [0.1, 0.15) is 17.8 Å². The van der Waals surface area contributed by atoms with E-state index < -0.39 is 17.5 Å². The maximum atomic E-state index is 13.1. The summed E-state index contributed by atoms with van der Waals surface area (Å²) in [7, 11) is 0. The van der Waals surface area contributed by atoms with Crippen LogP contribution >= 0.6 is 0 Å². The summed E-state index contributed by atoms with van der Waals surface area (Å²) >= 11 is 0. The van der Waals surface area contributed by atoms with Crippen LogP contribution in [-0.4, -0.2) is 35.1 Å². The number of hydrogen-bond acceptors (Lipinski definition) is 4. The topological polar surface area (TPSA) is 66.9 Å². The van der Waals surface area contributed by atoms with E-state index in [1.54, 1.807) is 6.92 Å². The molecule has 8 heteroatoms. The van der Waals surface area contributed by atoms with Gasteiger partial charge in [-0.25, -0.2) is 0 Å². The van der Waals surface area contributed by atoms with E-state index in [9.17, 15) is 18.0 Å². The number of carbonyl (C=O) groups excluding carboxylic acids is 1. The zero-order valence-electron chi connectivity index (χ0n) is 10.9. The van der Waals surface area contributed by atoms with Crippen LogP contribution in [0.5, 0.6) is 0 Å². The average Bonchev–Trinajstić information content (AvgIpc) is 2.88. The van der Waals surface area contributed by atoms with Gasteiger partial charge in [0, 0.05) is 12.7 Å². The van der Waals surface area contributed by atoms with Crippen molar-refractivity contribution in [3.63, 3.8) is 0 Å². The van der Waals surface area contributed by atoms with Crippen LogP contribution in [0.15, 0.2) is 12.4 Å². The molecule has 110 valence electrons. The lowest BCUT2D eigenvalue weighted by molar-refractivity contribution is -0.216. The second-order valence-corrected chi connectivity index (χ2v) is 4.84. The highest BCUT2D eigenvalue weighted by molar-refractivity contribution is 5.84. The maximum Gasteiger partial charge on any atom is 0.404 e. The third-order valence-electron chi connectivity index (χ3n) is 3.40. The third-order valence-corrected chi connectivity index (χ3v) is 3.40. The predicted molar refractivity (Wildman–Crippen MR) is 64.6 cm³/mol. The van der Waals surface area contributed by atoms with Gasteiger partial charge < -0.3 is 10.6 Å². The molecule has 0 bridgehead atoms. The maximum absolute atomic E-state index is 13.1. The van der Waals surface area contributed by atoms with Gasteiger partial charge in [0.25, 0.3) is 0 Å². The number of amides is 1. The second kappa shape index (κ2) is 5.35. The van der Waals surface area contributed by atoms with Gasteiger partial charge in [0.2, 0.25) is 5.91 Å². The van der Waals surface area contributed by atoms with Gasteiger partial charge in [-0.05, 0) is 19.9 Å². The summed E-state index contributed by atoms with van der Waals surface area (Å²) in [6.07, 6.45) is -1.89. The van der Waals surface area contributed by atoms with Gasteiger partial charge in [-0.1, -0.05) is 0 Å². The van der Waals surface area contributed by atoms with Crippen LogP contribution in [0.2, 0.25) is 0 Å². The van der Waals surface area contributed by atoms with E-state index >= 15 is 0 Å². The normalized spacial score (nSPS) is 22.8. The second-order valence-electron chi connectivity index (χ2n) is 4.84. The number of nitrogens with zero attached hydrogens (tertiary/aromatic N) is 2. The molecule has 1 aliphatic rings. The summed E-state index contributed by atoms with van der Waals surface area (Å²) in [5.41, 5.74) is -1.22. The molecule has 2 rings (SSSR count). The Balaban J connectivity index is 2.05. The van der Waals surface area contributed by atoms with Crippen molar-refractivity contribution in [3.05, 3.63) is 23.8 Å². The van der Waals surface area contributed by atoms with E-state index in [2.05, 4.69) is 20.6 Å². The van der Waals surface area contributed by atoms with Crippen LogP contribution in [0.4, 0.5) is 13.2 Å². The predicted octanol–water partition coefficient (Wildman–Crippen LogP) is 0.943. The van der Waals surface area contributed by atoms with E-state index in [-0.39, 0.29) is 26.1 Å². The fourth-order valence-corrected chi connectivity index (χ4v) is 2.11. The molecule has 1 unspecified atom stereocenters. The monoisotopic (exact) mass is 288 g/mol. The molecule has 5 nitrogen and oxygen atoms in total. The molecule has 0 aliphatic carbocycles. The van der Waals surface area contributed by atoms with Crippen LogP contribution in [-0.2, 0) is 11.3 Å². The van der Waals surface area contributed by atoms with Crippen molar-refractivity contribution in [1.82, 2.24) is 20.6 Å². The van der Waals surface area contributed by atoms with Crippen molar-refractivity contribution in [1.29, 1.82) is 0 Å². The number of alkyl halides is 3. The highest BCUT2D eigenvalue weighted by atomic mass is 19.4. The Morgan fingerprint density at radius 1 is 1.45 bits per heavy atom. The van der Waals surface area contributed by atoms with Gasteiger partial charge in [-0.15, -0.1) is 0 Å². The summed E-state index contributed by atoms with van der Waals surface area (Å²) in [5, 5.41) is 4.90. The summed E-state index contributed by atoms with van der Waals surface area (Å²) in [4.78, 5) is 19.9. The lowest BCUT2D eigenvalue weighted by atomic mass is 9.85. The zero-order valence-corrected chi connectivity index (χ0v) is 10.9. The first kappa shape index (κ1) is 14.7. The first-order valence-electron chi connectivity index (χ1n) is 6.18. The van der Waals surface area contributed by atoms with E-state index in [1.165, 1.54) is 12.4 Å². The van der Waals surface area contributed by atoms with Gasteiger partial charge in [0.1, 0.15) is 0 Å². The van der Waals surface area contributed by atoms with Crippen LogP contribution < -0.4 is 10.6 Å². The number of rotatable bonds is 3. The Hall–Kier alpha value is -1.70. The molecule has 2 N–H and O–H groups in total. The van der Waals surface area contributed by atoms with E-state index in [0.29, 0.717) is 11.4 Å². The standard InChI is InChI=1S/C12H15F3N4O/c1-8-4-18-9(5-17-8)6-19-10(20)11(12(13,14)15)2-3-16-7-11/h4-5,16H,2-3,6-7H2,1H3,(H,19,20). The van der Waals surface area contributed by atoms with Gasteiger partial charge in [-0.3, -0.25) is 14.8 Å². The SMILES string of the molecule is Cc1cnc(CNC(=O)C2(C(F)(F)F)CCNC2)cn1. The quantitative estimate of drug-likeness (QED) is 0.869. The number of aryl methyl sites for hydroxylation is 1. The molecule has 1 aromatic rings. The molecule has 1 amide bonds. The largest absolute Gasteiger partial charge is 0.404 e. The molecular formula is C12H15F3N4O. The molecular weight excluding hydrogens is 273 g/mol. The average molecular weight is 288 g/mol. The molecule has 1 saturated heterocycles. The minimum atomic E-state index is -4.57. The van der Waals surface area contributed by atoms with Crippen LogP contribution in [0, 0.1) is 12.3 Å². The fraction of sp³-hybridized carbons (Fsp3) is 0.583. The molecule has 2 heterocycles. The van der Waals surface area contributed by atoms with Crippen molar-refractivity contribution in [2.45, 2.75) is 26.1 Å². The Morgan fingerprint density at radius 3 is 2.70 bits per heavy atom. The minimum Gasteiger partial charge on any atom is -0.350 e. The van der Waals surface area contributed by atoms with Crippen molar-refractivity contribution in [2.75, 3.05) is 13.1 Å². The number of halogens is 3. The van der Waals surface area contributed by atoms with Gasteiger partial charge in [0.15, 0.2) is 5.41 Å². The number of aromatic nitrogens is 2. The van der Waals surface area contributed by atoms with E-state index in [1.807, 2.05) is 0 Å². The Labute approximate surface area is 114 Å². The lowest BCUT2D eigenvalue weighted by Gasteiger charge is -2.29. The smallest absolute Gasteiger partial charge is 0.350 e. The van der Waals surface area contributed by atoms with E-state index in [4.69, 9.17) is 0 Å². The molecule has 1 atom stereocenters. The first-order valence-corrected chi connectivity index (χ1v) is 6.18. The van der Waals surface area contributed by atoms with Crippen molar-refractivity contribution >= 4 is 5.91 Å². The highest BCUT2D eigenvalue weighted by Gasteiger charge is 2.61. The molecule has 1 aliphatic heterocycles. The van der Waals surface area contributed by atoms with Crippen LogP contribution in [0.3, 0.4) is 0 Å². The third kappa shape index (κ3) is 2.74. The molecule has 0 radical (unpaired) electrons. The summed E-state index contributed by atoms with van der Waals surface area (Å²) in [5.74, 6) is -1.02. The lowest BCUT2D eigenvalue weighted by Crippen LogP contribution is -2.52. The number of hydrogen-bond donors (Lipinski definition) is 2. The molecule has 0 saturated carbocycles. The molecule has 0 spiro atoms. The van der Waals surface area contributed by atoms with Gasteiger partial charge in [0.05, 0.1) is 24.1 Å². The van der Waals surface area contributed by atoms with Crippen LogP contribution in [0.25, 0.3) is 0 Å². The summed E-state index contributed by atoms with van der Waals surface area (Å²) in [6.45, 7) is 1.47. The highest BCUT2D eigenvalue weighted by Crippen LogP contribution is 2.43. The van der Waals surface area contributed by atoms with Crippen molar-refractivity contribution < 1.29 is 18.0 Å². The Bertz CT molecular complexity index is 480. The van der Waals surface area contributed by atoms with E-state index in [0.717, 1.165) is 0 Å². The summed E-state index contributed by atoms with van der Waals surface area (Å²) < 4.78 is 39.3.